The van der Waals surface area contributed by atoms with Gasteiger partial charge in [-0.25, -0.2) is 0 Å². The van der Waals surface area contributed by atoms with E-state index in [1.54, 1.807) is 7.11 Å². The lowest BCUT2D eigenvalue weighted by atomic mass is 9.99. The highest BCUT2D eigenvalue weighted by atomic mass is 16.5. The first-order valence-corrected chi connectivity index (χ1v) is 7.79. The Kier molecular flexibility index (Phi) is 4.15. The van der Waals surface area contributed by atoms with Crippen LogP contribution >= 0.6 is 0 Å². The van der Waals surface area contributed by atoms with Gasteiger partial charge in [0.25, 0.3) is 0 Å². The van der Waals surface area contributed by atoms with Crippen LogP contribution in [0.25, 0.3) is 0 Å². The normalized spacial score (nSPS) is 27.7. The van der Waals surface area contributed by atoms with Gasteiger partial charge in [-0.2, -0.15) is 0 Å². The average molecular weight is 289 g/mol. The van der Waals surface area contributed by atoms with Crippen molar-refractivity contribution in [2.24, 2.45) is 0 Å². The molecule has 2 saturated heterocycles. The summed E-state index contributed by atoms with van der Waals surface area (Å²) in [5.74, 6) is 1.08. The molecule has 2 aliphatic rings. The minimum Gasteiger partial charge on any atom is -0.497 e. The molecule has 1 aromatic rings. The van der Waals surface area contributed by atoms with E-state index >= 15 is 0 Å². The Hall–Kier alpha value is -1.55. The summed E-state index contributed by atoms with van der Waals surface area (Å²) in [6.45, 7) is 0. The Morgan fingerprint density at radius 2 is 1.86 bits per heavy atom. The number of methoxy groups -OCH3 is 1. The number of hydrogen-bond acceptors (Lipinski definition) is 3. The highest BCUT2D eigenvalue weighted by Crippen LogP contribution is 2.36. The van der Waals surface area contributed by atoms with Crippen molar-refractivity contribution in [3.05, 3.63) is 29.8 Å². The lowest BCUT2D eigenvalue weighted by molar-refractivity contribution is -0.137. The van der Waals surface area contributed by atoms with Crippen LogP contribution < -0.4 is 4.74 Å². The third-order valence-corrected chi connectivity index (χ3v) is 4.78. The Morgan fingerprint density at radius 3 is 2.43 bits per heavy atom. The monoisotopic (exact) mass is 289 g/mol. The van der Waals surface area contributed by atoms with Gasteiger partial charge in [-0.3, -0.25) is 4.79 Å². The summed E-state index contributed by atoms with van der Waals surface area (Å²) in [6.07, 6.45) is 4.71. The fourth-order valence-corrected chi connectivity index (χ4v) is 3.73. The quantitative estimate of drug-likeness (QED) is 0.924. The average Bonchev–Trinajstić information content (AvgIpc) is 2.77. The number of fused-ring (bicyclic) bond motifs is 2. The molecule has 4 heteroatoms. The van der Waals surface area contributed by atoms with Crippen LogP contribution in [-0.2, 0) is 11.2 Å². The van der Waals surface area contributed by atoms with E-state index in [0.29, 0.717) is 6.42 Å². The molecule has 0 spiro atoms. The second-order valence-electron chi connectivity index (χ2n) is 6.16. The van der Waals surface area contributed by atoms with Crippen molar-refractivity contribution in [2.45, 2.75) is 56.7 Å². The molecule has 2 fully saturated rings. The van der Waals surface area contributed by atoms with Crippen LogP contribution in [0, 0.1) is 0 Å². The minimum atomic E-state index is -0.215. The zero-order valence-electron chi connectivity index (χ0n) is 12.5. The van der Waals surface area contributed by atoms with E-state index < -0.39 is 0 Å². The molecular weight excluding hydrogens is 266 g/mol. The van der Waals surface area contributed by atoms with Crippen LogP contribution in [0.15, 0.2) is 24.3 Å². The molecule has 0 radical (unpaired) electrons. The van der Waals surface area contributed by atoms with Gasteiger partial charge in [0.2, 0.25) is 5.91 Å². The molecule has 1 N–H and O–H groups in total. The van der Waals surface area contributed by atoms with Gasteiger partial charge in [0.1, 0.15) is 5.75 Å². The Labute approximate surface area is 125 Å². The number of amides is 1. The van der Waals surface area contributed by atoms with Gasteiger partial charge >= 0.3 is 0 Å². The molecule has 0 saturated carbocycles. The molecule has 0 aromatic heterocycles. The molecule has 2 atom stereocenters. The van der Waals surface area contributed by atoms with Crippen LogP contribution in [0.4, 0.5) is 0 Å². The van der Waals surface area contributed by atoms with Crippen molar-refractivity contribution >= 4 is 5.91 Å². The molecule has 21 heavy (non-hydrogen) atoms. The van der Waals surface area contributed by atoms with Crippen molar-refractivity contribution in [3.8, 4) is 5.75 Å². The molecular formula is C17H23NO3. The van der Waals surface area contributed by atoms with E-state index in [4.69, 9.17) is 4.74 Å². The molecule has 2 unspecified atom stereocenters. The number of ether oxygens (including phenoxy) is 1. The van der Waals surface area contributed by atoms with Crippen LogP contribution in [0.5, 0.6) is 5.75 Å². The van der Waals surface area contributed by atoms with E-state index in [2.05, 4.69) is 4.90 Å². The number of aliphatic hydroxyl groups is 1. The summed E-state index contributed by atoms with van der Waals surface area (Å²) in [6, 6.07) is 8.42. The van der Waals surface area contributed by atoms with Crippen molar-refractivity contribution < 1.29 is 14.6 Å². The number of piperidine rings is 1. The highest BCUT2D eigenvalue weighted by Gasteiger charge is 2.42. The van der Waals surface area contributed by atoms with E-state index in [1.807, 2.05) is 24.3 Å². The molecule has 2 bridgehead atoms. The van der Waals surface area contributed by atoms with E-state index in [0.717, 1.165) is 43.4 Å². The molecule has 2 heterocycles. The van der Waals surface area contributed by atoms with Crippen LogP contribution in [0.1, 0.15) is 37.7 Å². The Bertz CT molecular complexity index is 485. The van der Waals surface area contributed by atoms with E-state index in [1.165, 1.54) is 0 Å². The molecule has 1 amide bonds. The summed E-state index contributed by atoms with van der Waals surface area (Å²) < 4.78 is 5.14. The van der Waals surface area contributed by atoms with Crippen LogP contribution in [0.2, 0.25) is 0 Å². The summed E-state index contributed by atoms with van der Waals surface area (Å²) >= 11 is 0. The number of aryl methyl sites for hydroxylation is 1. The van der Waals surface area contributed by atoms with Crippen molar-refractivity contribution in [1.29, 1.82) is 0 Å². The lowest BCUT2D eigenvalue weighted by Gasteiger charge is -2.37. The topological polar surface area (TPSA) is 49.8 Å². The Morgan fingerprint density at radius 1 is 1.24 bits per heavy atom. The Balaban J connectivity index is 1.57. The van der Waals surface area contributed by atoms with E-state index in [-0.39, 0.29) is 24.1 Å². The maximum Gasteiger partial charge on any atom is 0.223 e. The fraction of sp³-hybridized carbons (Fsp3) is 0.588. The third-order valence-electron chi connectivity index (χ3n) is 4.78. The number of hydrogen-bond donors (Lipinski definition) is 1. The molecule has 114 valence electrons. The van der Waals surface area contributed by atoms with Gasteiger partial charge in [0.15, 0.2) is 0 Å². The maximum atomic E-state index is 12.5. The van der Waals surface area contributed by atoms with Crippen molar-refractivity contribution in [3.63, 3.8) is 0 Å². The molecule has 2 aliphatic heterocycles. The number of rotatable bonds is 4. The van der Waals surface area contributed by atoms with Gasteiger partial charge in [-0.15, -0.1) is 0 Å². The number of carbonyl (C=O) groups excluding carboxylic acids is 1. The summed E-state index contributed by atoms with van der Waals surface area (Å²) in [5, 5.41) is 9.80. The molecule has 1 aromatic carbocycles. The number of benzene rings is 1. The van der Waals surface area contributed by atoms with Crippen molar-refractivity contribution in [1.82, 2.24) is 4.90 Å². The summed E-state index contributed by atoms with van der Waals surface area (Å²) in [7, 11) is 1.65. The van der Waals surface area contributed by atoms with Crippen LogP contribution in [0.3, 0.4) is 0 Å². The first-order valence-electron chi connectivity index (χ1n) is 7.79. The second-order valence-corrected chi connectivity index (χ2v) is 6.16. The summed E-state index contributed by atoms with van der Waals surface area (Å²) in [5.41, 5.74) is 1.16. The minimum absolute atomic E-state index is 0.215. The second kappa shape index (κ2) is 6.06. The first kappa shape index (κ1) is 14.4. The SMILES string of the molecule is COc1ccc(CCC(=O)N2C3CCC2CC(O)C3)cc1. The zero-order valence-corrected chi connectivity index (χ0v) is 12.5. The van der Waals surface area contributed by atoms with Gasteiger partial charge in [0, 0.05) is 18.5 Å². The number of aliphatic hydroxyl groups excluding tert-OH is 1. The molecule has 0 aliphatic carbocycles. The highest BCUT2D eigenvalue weighted by molar-refractivity contribution is 5.77. The number of carbonyl (C=O) groups is 1. The standard InChI is InChI=1S/C17H23NO3/c1-21-16-7-2-12(3-8-16)4-9-17(20)18-13-5-6-14(18)11-15(19)10-13/h2-3,7-8,13-15,19H,4-6,9-11H2,1H3. The smallest absolute Gasteiger partial charge is 0.223 e. The molecule has 4 nitrogen and oxygen atoms in total. The number of nitrogens with zero attached hydrogens (tertiary/aromatic N) is 1. The van der Waals surface area contributed by atoms with Gasteiger partial charge in [0.05, 0.1) is 13.2 Å². The predicted molar refractivity (Wildman–Crippen MR) is 80.2 cm³/mol. The third kappa shape index (κ3) is 3.05. The lowest BCUT2D eigenvalue weighted by Crippen LogP contribution is -2.48. The van der Waals surface area contributed by atoms with Crippen molar-refractivity contribution in [2.75, 3.05) is 7.11 Å². The maximum absolute atomic E-state index is 12.5. The predicted octanol–water partition coefficient (Wildman–Crippen LogP) is 2.14. The van der Waals surface area contributed by atoms with Gasteiger partial charge in [-0.1, -0.05) is 12.1 Å². The zero-order chi connectivity index (χ0) is 14.8. The van der Waals surface area contributed by atoms with Crippen LogP contribution in [-0.4, -0.2) is 41.2 Å². The summed E-state index contributed by atoms with van der Waals surface area (Å²) in [4.78, 5) is 14.5. The molecule has 3 rings (SSSR count). The first-order chi connectivity index (χ1) is 10.2. The van der Waals surface area contributed by atoms with Gasteiger partial charge in [-0.05, 0) is 49.8 Å². The fourth-order valence-electron chi connectivity index (χ4n) is 3.73. The largest absolute Gasteiger partial charge is 0.497 e. The van der Waals surface area contributed by atoms with Gasteiger partial charge < -0.3 is 14.7 Å². The van der Waals surface area contributed by atoms with E-state index in [9.17, 15) is 9.90 Å².